The Morgan fingerprint density at radius 1 is 1.19 bits per heavy atom. The molecule has 0 saturated heterocycles. The van der Waals surface area contributed by atoms with Crippen LogP contribution in [-0.2, 0) is 4.74 Å². The second-order valence-corrected chi connectivity index (χ2v) is 7.79. The number of thiophene rings is 1. The van der Waals surface area contributed by atoms with Crippen LogP contribution in [0.15, 0.2) is 58.7 Å². The quantitative estimate of drug-likeness (QED) is 0.457. The lowest BCUT2D eigenvalue weighted by Crippen LogP contribution is -2.25. The van der Waals surface area contributed by atoms with E-state index in [-0.39, 0.29) is 33.6 Å². The van der Waals surface area contributed by atoms with Gasteiger partial charge in [0.05, 0.1) is 23.2 Å². The Balaban J connectivity index is 1.91. The summed E-state index contributed by atoms with van der Waals surface area (Å²) >= 11 is 1.05. The average Bonchev–Trinajstić information content (AvgIpc) is 3.18. The number of rotatable bonds is 5. The number of carbonyl (C=O) groups excluding carboxylic acids is 2. The maximum Gasteiger partial charge on any atom is 0.359 e. The molecule has 0 aliphatic carbocycles. The van der Waals surface area contributed by atoms with Crippen LogP contribution in [0.5, 0.6) is 0 Å². The summed E-state index contributed by atoms with van der Waals surface area (Å²) in [5.41, 5.74) is 0.620. The van der Waals surface area contributed by atoms with Crippen LogP contribution in [0.3, 0.4) is 0 Å². The molecule has 4 aromatic rings. The number of anilines is 1. The zero-order valence-corrected chi connectivity index (χ0v) is 18.0. The molecule has 1 amide bonds. The number of hydrogen-bond acceptors (Lipinski definition) is 6. The van der Waals surface area contributed by atoms with Crippen LogP contribution in [0.2, 0.25) is 0 Å². The van der Waals surface area contributed by atoms with Crippen molar-refractivity contribution in [3.8, 4) is 5.69 Å². The molecule has 32 heavy (non-hydrogen) atoms. The first-order valence-corrected chi connectivity index (χ1v) is 10.6. The minimum absolute atomic E-state index is 0.0504. The normalized spacial score (nSPS) is 10.8. The van der Waals surface area contributed by atoms with Gasteiger partial charge in [-0.25, -0.2) is 9.18 Å². The van der Waals surface area contributed by atoms with Gasteiger partial charge in [0.25, 0.3) is 11.5 Å². The van der Waals surface area contributed by atoms with E-state index < -0.39 is 23.3 Å². The standard InChI is InChI=1S/C23H18FN3O4S/c1-3-31-23(30)19-16-12-32-21(25-20(28)15-9-4-5-10-17(15)24)18(16)22(29)27(26-19)14-8-6-7-13(2)11-14/h4-12H,3H2,1-2H3,(H,25,28). The van der Waals surface area contributed by atoms with Gasteiger partial charge in [0, 0.05) is 10.8 Å². The maximum absolute atomic E-state index is 14.0. The van der Waals surface area contributed by atoms with Crippen molar-refractivity contribution < 1.29 is 18.7 Å². The number of halogens is 1. The number of hydrogen-bond donors (Lipinski definition) is 1. The van der Waals surface area contributed by atoms with Gasteiger partial charge in [-0.15, -0.1) is 11.3 Å². The fourth-order valence-corrected chi connectivity index (χ4v) is 4.17. The largest absolute Gasteiger partial charge is 0.461 e. The summed E-state index contributed by atoms with van der Waals surface area (Å²) in [6.07, 6.45) is 0. The van der Waals surface area contributed by atoms with E-state index in [1.165, 1.54) is 24.3 Å². The van der Waals surface area contributed by atoms with E-state index >= 15 is 0 Å². The molecule has 0 fully saturated rings. The first-order valence-electron chi connectivity index (χ1n) is 9.75. The summed E-state index contributed by atoms with van der Waals surface area (Å²) in [5, 5.41) is 8.95. The SMILES string of the molecule is CCOC(=O)c1nn(-c2cccc(C)c2)c(=O)c2c(NC(=O)c3ccccc3F)scc12. The highest BCUT2D eigenvalue weighted by Crippen LogP contribution is 2.31. The Morgan fingerprint density at radius 2 is 1.97 bits per heavy atom. The van der Waals surface area contributed by atoms with Crippen molar-refractivity contribution in [1.29, 1.82) is 0 Å². The molecule has 9 heteroatoms. The first kappa shape index (κ1) is 21.4. The van der Waals surface area contributed by atoms with E-state index in [4.69, 9.17) is 4.74 Å². The number of nitrogens with one attached hydrogen (secondary N) is 1. The van der Waals surface area contributed by atoms with E-state index in [1.807, 2.05) is 13.0 Å². The fraction of sp³-hybridized carbons (Fsp3) is 0.130. The predicted molar refractivity (Wildman–Crippen MR) is 120 cm³/mol. The van der Waals surface area contributed by atoms with Crippen molar-refractivity contribution >= 4 is 39.0 Å². The number of fused-ring (bicyclic) bond motifs is 1. The van der Waals surface area contributed by atoms with Crippen LogP contribution in [0, 0.1) is 12.7 Å². The maximum atomic E-state index is 14.0. The molecule has 0 bridgehead atoms. The third kappa shape index (κ3) is 3.90. The molecular weight excluding hydrogens is 433 g/mol. The van der Waals surface area contributed by atoms with Gasteiger partial charge >= 0.3 is 5.97 Å². The van der Waals surface area contributed by atoms with Crippen molar-refractivity contribution in [3.63, 3.8) is 0 Å². The van der Waals surface area contributed by atoms with E-state index in [0.717, 1.165) is 21.6 Å². The zero-order valence-electron chi connectivity index (χ0n) is 17.2. The second kappa shape index (κ2) is 8.72. The van der Waals surface area contributed by atoms with Crippen LogP contribution < -0.4 is 10.9 Å². The molecule has 4 rings (SSSR count). The van der Waals surface area contributed by atoms with Crippen LogP contribution in [0.4, 0.5) is 9.39 Å². The lowest BCUT2D eigenvalue weighted by Gasteiger charge is -2.10. The summed E-state index contributed by atoms with van der Waals surface area (Å²) in [7, 11) is 0. The summed E-state index contributed by atoms with van der Waals surface area (Å²) in [6.45, 7) is 3.66. The van der Waals surface area contributed by atoms with Crippen molar-refractivity contribution in [1.82, 2.24) is 9.78 Å². The number of esters is 1. The van der Waals surface area contributed by atoms with E-state index in [2.05, 4.69) is 10.4 Å². The lowest BCUT2D eigenvalue weighted by atomic mass is 10.2. The second-order valence-electron chi connectivity index (χ2n) is 6.91. The van der Waals surface area contributed by atoms with Gasteiger partial charge in [0.1, 0.15) is 10.8 Å². The third-order valence-electron chi connectivity index (χ3n) is 4.71. The molecular formula is C23H18FN3O4S. The van der Waals surface area contributed by atoms with Gasteiger partial charge in [-0.3, -0.25) is 9.59 Å². The highest BCUT2D eigenvalue weighted by atomic mass is 32.1. The average molecular weight is 451 g/mol. The number of nitrogens with zero attached hydrogens (tertiary/aromatic N) is 2. The summed E-state index contributed by atoms with van der Waals surface area (Å²) < 4.78 is 20.3. The molecule has 7 nitrogen and oxygen atoms in total. The topological polar surface area (TPSA) is 90.3 Å². The van der Waals surface area contributed by atoms with Crippen molar-refractivity contribution in [2.75, 3.05) is 11.9 Å². The number of aryl methyl sites for hydroxylation is 1. The molecule has 2 aromatic carbocycles. The number of carbonyl (C=O) groups is 2. The monoisotopic (exact) mass is 451 g/mol. The van der Waals surface area contributed by atoms with Gasteiger partial charge in [-0.1, -0.05) is 24.3 Å². The lowest BCUT2D eigenvalue weighted by molar-refractivity contribution is 0.0520. The van der Waals surface area contributed by atoms with Crippen LogP contribution in [0.25, 0.3) is 16.5 Å². The zero-order chi connectivity index (χ0) is 22.8. The third-order valence-corrected chi connectivity index (χ3v) is 5.61. The molecule has 2 aromatic heterocycles. The van der Waals surface area contributed by atoms with Gasteiger partial charge < -0.3 is 10.1 Å². The Morgan fingerprint density at radius 3 is 2.69 bits per heavy atom. The van der Waals surface area contributed by atoms with Gasteiger partial charge in [-0.2, -0.15) is 9.78 Å². The van der Waals surface area contributed by atoms with Crippen molar-refractivity contribution in [3.05, 3.63) is 86.9 Å². The predicted octanol–water partition coefficient (Wildman–Crippen LogP) is 4.32. The van der Waals surface area contributed by atoms with E-state index in [1.54, 1.807) is 30.5 Å². The van der Waals surface area contributed by atoms with Crippen LogP contribution in [0.1, 0.15) is 33.3 Å². The van der Waals surface area contributed by atoms with Crippen molar-refractivity contribution in [2.24, 2.45) is 0 Å². The summed E-state index contributed by atoms with van der Waals surface area (Å²) in [5.74, 6) is -2.08. The Labute approximate surface area is 186 Å². The van der Waals surface area contributed by atoms with Crippen LogP contribution >= 0.6 is 11.3 Å². The minimum Gasteiger partial charge on any atom is -0.461 e. The first-order chi connectivity index (χ1) is 15.4. The summed E-state index contributed by atoms with van der Waals surface area (Å²) in [4.78, 5) is 38.6. The van der Waals surface area contributed by atoms with E-state index in [0.29, 0.717) is 5.69 Å². The molecule has 0 radical (unpaired) electrons. The van der Waals surface area contributed by atoms with Crippen molar-refractivity contribution in [2.45, 2.75) is 13.8 Å². The molecule has 0 spiro atoms. The van der Waals surface area contributed by atoms with Gasteiger partial charge in [0.15, 0.2) is 5.69 Å². The highest BCUT2D eigenvalue weighted by molar-refractivity contribution is 7.16. The minimum atomic E-state index is -0.706. The number of amides is 1. The Hall–Kier alpha value is -3.85. The Kier molecular flexibility index (Phi) is 5.83. The molecule has 0 unspecified atom stereocenters. The Bertz CT molecular complexity index is 1410. The van der Waals surface area contributed by atoms with Gasteiger partial charge in [0.2, 0.25) is 0 Å². The molecule has 0 saturated carbocycles. The summed E-state index contributed by atoms with van der Waals surface area (Å²) in [6, 6.07) is 12.6. The van der Waals surface area contributed by atoms with Gasteiger partial charge in [-0.05, 0) is 43.7 Å². The van der Waals surface area contributed by atoms with Crippen LogP contribution in [-0.4, -0.2) is 28.3 Å². The molecule has 0 atom stereocenters. The number of benzene rings is 2. The van der Waals surface area contributed by atoms with E-state index in [9.17, 15) is 18.8 Å². The molecule has 0 aliphatic heterocycles. The molecule has 0 aliphatic rings. The number of aromatic nitrogens is 2. The number of ether oxygens (including phenoxy) is 1. The highest BCUT2D eigenvalue weighted by Gasteiger charge is 2.24. The molecule has 162 valence electrons. The molecule has 1 N–H and O–H groups in total. The fourth-order valence-electron chi connectivity index (χ4n) is 3.24. The smallest absolute Gasteiger partial charge is 0.359 e. The molecule has 2 heterocycles.